The van der Waals surface area contributed by atoms with Crippen LogP contribution in [0.25, 0.3) is 10.1 Å². The Morgan fingerprint density at radius 1 is 1.08 bits per heavy atom. The van der Waals surface area contributed by atoms with Gasteiger partial charge in [-0.05, 0) is 24.3 Å². The van der Waals surface area contributed by atoms with E-state index in [1.807, 2.05) is 0 Å². The molecule has 1 aromatic heterocycles. The van der Waals surface area contributed by atoms with Gasteiger partial charge in [-0.15, -0.1) is 11.3 Å². The number of nitrogens with one attached hydrogen (secondary N) is 1. The number of nitro benzene ring substituents is 1. The molecule has 0 spiro atoms. The fourth-order valence-corrected chi connectivity index (χ4v) is 3.98. The minimum Gasteiger partial charge on any atom is -0.315 e. The topological polar surface area (TPSA) is 72.2 Å². The molecule has 0 aliphatic heterocycles. The molecule has 0 fully saturated rings. The van der Waals surface area contributed by atoms with Crippen LogP contribution in [-0.2, 0) is 0 Å². The predicted molar refractivity (Wildman–Crippen MR) is 97.9 cm³/mol. The lowest BCUT2D eigenvalue weighted by atomic mass is 10.2. The third kappa shape index (κ3) is 3.18. The number of nitro groups is 1. The van der Waals surface area contributed by atoms with E-state index in [0.717, 1.165) is 16.0 Å². The number of halogens is 3. The maximum atomic E-state index is 12.5. The van der Waals surface area contributed by atoms with Crippen LogP contribution in [-0.4, -0.2) is 10.8 Å². The van der Waals surface area contributed by atoms with E-state index in [1.54, 1.807) is 18.2 Å². The first kappa shape index (κ1) is 17.0. The molecule has 0 saturated carbocycles. The first-order chi connectivity index (χ1) is 11.4. The Morgan fingerprint density at radius 3 is 2.46 bits per heavy atom. The summed E-state index contributed by atoms with van der Waals surface area (Å²) in [4.78, 5) is 23.2. The average molecular weight is 402 g/mol. The molecule has 5 nitrogen and oxygen atoms in total. The molecule has 0 saturated heterocycles. The van der Waals surface area contributed by atoms with Crippen molar-refractivity contribution in [3.8, 4) is 0 Å². The molecule has 9 heteroatoms. The van der Waals surface area contributed by atoms with Crippen LogP contribution >= 0.6 is 46.1 Å². The highest BCUT2D eigenvalue weighted by Gasteiger charge is 2.21. The molecule has 1 heterocycles. The predicted octanol–water partition coefficient (Wildman–Crippen LogP) is 6.02. The fourth-order valence-electron chi connectivity index (χ4n) is 2.13. The van der Waals surface area contributed by atoms with Crippen molar-refractivity contribution in [3.05, 3.63) is 66.5 Å². The number of nitrogens with zero attached hydrogens (tertiary/aromatic N) is 1. The zero-order valence-electron chi connectivity index (χ0n) is 11.7. The monoisotopic (exact) mass is 400 g/mol. The average Bonchev–Trinajstić information content (AvgIpc) is 2.85. The number of amides is 1. The van der Waals surface area contributed by atoms with Gasteiger partial charge in [0.15, 0.2) is 0 Å². The summed E-state index contributed by atoms with van der Waals surface area (Å²) in [6.07, 6.45) is 0. The van der Waals surface area contributed by atoms with E-state index < -0.39 is 10.8 Å². The molecule has 0 aliphatic rings. The molecule has 0 aliphatic carbocycles. The van der Waals surface area contributed by atoms with Crippen LogP contribution in [0.5, 0.6) is 0 Å². The van der Waals surface area contributed by atoms with E-state index in [-0.39, 0.29) is 26.3 Å². The lowest BCUT2D eigenvalue weighted by Gasteiger charge is -2.05. The number of anilines is 1. The Labute approximate surface area is 154 Å². The Kier molecular flexibility index (Phi) is 4.64. The van der Waals surface area contributed by atoms with Crippen LogP contribution in [0.1, 0.15) is 9.67 Å². The molecular weight excluding hydrogens is 395 g/mol. The number of carbonyl (C=O) groups is 1. The molecule has 0 atom stereocenters. The first-order valence-electron chi connectivity index (χ1n) is 6.49. The highest BCUT2D eigenvalue weighted by atomic mass is 35.5. The quantitative estimate of drug-likeness (QED) is 0.430. The van der Waals surface area contributed by atoms with Crippen molar-refractivity contribution < 1.29 is 9.72 Å². The number of hydrogen-bond acceptors (Lipinski definition) is 4. The van der Waals surface area contributed by atoms with Crippen LogP contribution < -0.4 is 5.32 Å². The smallest absolute Gasteiger partial charge is 0.294 e. The normalized spacial score (nSPS) is 10.8. The summed E-state index contributed by atoms with van der Waals surface area (Å²) in [5.74, 6) is -0.539. The SMILES string of the molecule is O=C(Nc1ccc(Cl)cc1[N+](=O)[O-])c1sc2cc(Cl)ccc2c1Cl. The highest BCUT2D eigenvalue weighted by Crippen LogP contribution is 2.37. The third-order valence-electron chi connectivity index (χ3n) is 3.20. The molecule has 0 unspecified atom stereocenters. The van der Waals surface area contributed by atoms with Crippen molar-refractivity contribution in [2.45, 2.75) is 0 Å². The van der Waals surface area contributed by atoms with Gasteiger partial charge in [-0.3, -0.25) is 14.9 Å². The van der Waals surface area contributed by atoms with Crippen molar-refractivity contribution >= 4 is 73.5 Å². The van der Waals surface area contributed by atoms with Gasteiger partial charge in [-0.1, -0.05) is 40.9 Å². The highest BCUT2D eigenvalue weighted by molar-refractivity contribution is 7.21. The minimum absolute atomic E-state index is 0.0426. The standard InChI is InChI=1S/C15H7Cl3N2O3S/c16-7-2-4-10(11(5-7)20(22)23)19-15(21)14-13(18)9-3-1-8(17)6-12(9)24-14/h1-6H,(H,19,21). The lowest BCUT2D eigenvalue weighted by molar-refractivity contribution is -0.383. The van der Waals surface area contributed by atoms with Crippen molar-refractivity contribution in [3.63, 3.8) is 0 Å². The molecule has 3 rings (SSSR count). The zero-order chi connectivity index (χ0) is 17.4. The maximum Gasteiger partial charge on any atom is 0.294 e. The third-order valence-corrected chi connectivity index (χ3v) is 5.33. The number of carbonyl (C=O) groups excluding carboxylic acids is 1. The summed E-state index contributed by atoms with van der Waals surface area (Å²) in [5.41, 5.74) is -0.253. The largest absolute Gasteiger partial charge is 0.315 e. The number of fused-ring (bicyclic) bond motifs is 1. The molecule has 1 N–H and O–H groups in total. The Bertz CT molecular complexity index is 987. The van der Waals surface area contributed by atoms with Crippen LogP contribution in [0.15, 0.2) is 36.4 Å². The van der Waals surface area contributed by atoms with Gasteiger partial charge in [0.25, 0.3) is 11.6 Å². The van der Waals surface area contributed by atoms with Gasteiger partial charge in [0.1, 0.15) is 10.6 Å². The van der Waals surface area contributed by atoms with E-state index in [1.165, 1.54) is 18.2 Å². The van der Waals surface area contributed by atoms with Gasteiger partial charge in [0.05, 0.1) is 9.95 Å². The van der Waals surface area contributed by atoms with Crippen LogP contribution in [0, 0.1) is 10.1 Å². The van der Waals surface area contributed by atoms with E-state index in [0.29, 0.717) is 10.4 Å². The minimum atomic E-state index is -0.617. The summed E-state index contributed by atoms with van der Waals surface area (Å²) in [6.45, 7) is 0. The summed E-state index contributed by atoms with van der Waals surface area (Å²) >= 11 is 19.1. The molecule has 122 valence electrons. The van der Waals surface area contributed by atoms with Crippen molar-refractivity contribution in [1.29, 1.82) is 0 Å². The molecule has 2 aromatic carbocycles. The van der Waals surface area contributed by atoms with Crippen LogP contribution in [0.3, 0.4) is 0 Å². The summed E-state index contributed by atoms with van der Waals surface area (Å²) in [6, 6.07) is 9.09. The van der Waals surface area contributed by atoms with Gasteiger partial charge in [0.2, 0.25) is 0 Å². The Balaban J connectivity index is 1.99. The molecule has 1 amide bonds. The second-order valence-electron chi connectivity index (χ2n) is 4.76. The van der Waals surface area contributed by atoms with E-state index in [4.69, 9.17) is 34.8 Å². The van der Waals surface area contributed by atoms with Gasteiger partial charge in [-0.2, -0.15) is 0 Å². The van der Waals surface area contributed by atoms with Gasteiger partial charge >= 0.3 is 0 Å². The van der Waals surface area contributed by atoms with Crippen molar-refractivity contribution in [2.75, 3.05) is 5.32 Å². The Hall–Kier alpha value is -1.86. The van der Waals surface area contributed by atoms with E-state index >= 15 is 0 Å². The number of rotatable bonds is 3. The summed E-state index contributed by atoms with van der Waals surface area (Å²) < 4.78 is 0.753. The van der Waals surface area contributed by atoms with Crippen molar-refractivity contribution in [2.24, 2.45) is 0 Å². The van der Waals surface area contributed by atoms with Crippen LogP contribution in [0.2, 0.25) is 15.1 Å². The van der Waals surface area contributed by atoms with Gasteiger partial charge < -0.3 is 5.32 Å². The summed E-state index contributed by atoms with van der Waals surface area (Å²) in [5, 5.41) is 15.3. The second kappa shape index (κ2) is 6.57. The number of hydrogen-bond donors (Lipinski definition) is 1. The van der Waals surface area contributed by atoms with E-state index in [9.17, 15) is 14.9 Å². The molecule has 0 bridgehead atoms. The molecule has 24 heavy (non-hydrogen) atoms. The van der Waals surface area contributed by atoms with E-state index in [2.05, 4.69) is 5.32 Å². The number of thiophene rings is 1. The lowest BCUT2D eigenvalue weighted by Crippen LogP contribution is -2.12. The Morgan fingerprint density at radius 2 is 1.75 bits per heavy atom. The summed E-state index contributed by atoms with van der Waals surface area (Å²) in [7, 11) is 0. The fraction of sp³-hybridized carbons (Fsp3) is 0. The maximum absolute atomic E-state index is 12.5. The number of benzene rings is 2. The zero-order valence-corrected chi connectivity index (χ0v) is 14.8. The molecule has 3 aromatic rings. The first-order valence-corrected chi connectivity index (χ1v) is 8.44. The van der Waals surface area contributed by atoms with Crippen molar-refractivity contribution in [1.82, 2.24) is 0 Å². The van der Waals surface area contributed by atoms with Crippen LogP contribution in [0.4, 0.5) is 11.4 Å². The van der Waals surface area contributed by atoms with Gasteiger partial charge in [-0.25, -0.2) is 0 Å². The molecular formula is C15H7Cl3N2O3S. The second-order valence-corrected chi connectivity index (χ2v) is 7.06. The van der Waals surface area contributed by atoms with Gasteiger partial charge in [0, 0.05) is 26.2 Å². The molecule has 0 radical (unpaired) electrons.